The molecule has 2 rings (SSSR count). The van der Waals surface area contributed by atoms with Crippen LogP contribution in [-0.2, 0) is 0 Å². The fourth-order valence-electron chi connectivity index (χ4n) is 1.48. The zero-order valence-corrected chi connectivity index (χ0v) is 11.9. The lowest BCUT2D eigenvalue weighted by Gasteiger charge is -2.04. The number of carbonyl (C=O) groups is 1. The summed E-state index contributed by atoms with van der Waals surface area (Å²) in [5.74, 6) is -0.311. The van der Waals surface area contributed by atoms with Crippen LogP contribution in [0.15, 0.2) is 24.5 Å². The molecule has 0 atom stereocenters. The first-order chi connectivity index (χ1) is 8.95. The van der Waals surface area contributed by atoms with Crippen LogP contribution in [0.5, 0.6) is 0 Å². The molecule has 0 bridgehead atoms. The average Bonchev–Trinajstić information content (AvgIpc) is 2.76. The minimum atomic E-state index is -0.311. The second-order valence-electron chi connectivity index (χ2n) is 4.26. The van der Waals surface area contributed by atoms with Crippen molar-refractivity contribution in [2.45, 2.75) is 19.9 Å². The van der Waals surface area contributed by atoms with Gasteiger partial charge in [0.15, 0.2) is 0 Å². The van der Waals surface area contributed by atoms with E-state index in [1.54, 1.807) is 17.1 Å². The Kier molecular flexibility index (Phi) is 4.07. The smallest absolute Gasteiger partial charge is 0.255 e. The topological polar surface area (TPSA) is 59.8 Å². The van der Waals surface area contributed by atoms with E-state index in [-0.39, 0.29) is 22.3 Å². The molecule has 100 valence electrons. The number of anilines is 1. The molecule has 2 aromatic rings. The molecule has 0 aliphatic rings. The second-order valence-corrected chi connectivity index (χ2v) is 5.03. The van der Waals surface area contributed by atoms with E-state index in [9.17, 15) is 4.79 Å². The van der Waals surface area contributed by atoms with Crippen LogP contribution in [0.1, 0.15) is 30.2 Å². The van der Waals surface area contributed by atoms with Crippen LogP contribution in [0.3, 0.4) is 0 Å². The molecule has 0 radical (unpaired) electrons. The third kappa shape index (κ3) is 3.45. The van der Waals surface area contributed by atoms with Gasteiger partial charge in [0.25, 0.3) is 5.91 Å². The van der Waals surface area contributed by atoms with Gasteiger partial charge in [0.05, 0.1) is 11.9 Å². The zero-order valence-electron chi connectivity index (χ0n) is 10.4. The van der Waals surface area contributed by atoms with Gasteiger partial charge in [0.2, 0.25) is 0 Å². The van der Waals surface area contributed by atoms with Crippen molar-refractivity contribution in [3.05, 3.63) is 40.4 Å². The number of nitrogens with zero attached hydrogens (tertiary/aromatic N) is 3. The van der Waals surface area contributed by atoms with E-state index in [2.05, 4.69) is 15.4 Å². The summed E-state index contributed by atoms with van der Waals surface area (Å²) in [5.41, 5.74) is 0.963. The van der Waals surface area contributed by atoms with E-state index < -0.39 is 0 Å². The predicted molar refractivity (Wildman–Crippen MR) is 74.8 cm³/mol. The summed E-state index contributed by atoms with van der Waals surface area (Å²) in [6.45, 7) is 4.00. The maximum Gasteiger partial charge on any atom is 0.255 e. The summed E-state index contributed by atoms with van der Waals surface area (Å²) < 4.78 is 1.75. The first-order valence-corrected chi connectivity index (χ1v) is 6.40. The molecule has 7 heteroatoms. The van der Waals surface area contributed by atoms with Crippen LogP contribution < -0.4 is 5.32 Å². The molecule has 0 aliphatic heterocycles. The number of amides is 1. The Hall–Kier alpha value is -1.59. The lowest BCUT2D eigenvalue weighted by Crippen LogP contribution is -2.11. The van der Waals surface area contributed by atoms with Gasteiger partial charge in [0, 0.05) is 17.8 Å². The number of pyridine rings is 1. The van der Waals surface area contributed by atoms with Crippen LogP contribution in [0.2, 0.25) is 10.3 Å². The predicted octanol–water partition coefficient (Wildman–Crippen LogP) is 3.42. The van der Waals surface area contributed by atoms with Crippen LogP contribution in [0.25, 0.3) is 0 Å². The molecular weight excluding hydrogens is 287 g/mol. The van der Waals surface area contributed by atoms with Crippen molar-refractivity contribution in [3.63, 3.8) is 0 Å². The molecule has 0 saturated heterocycles. The monoisotopic (exact) mass is 298 g/mol. The fraction of sp³-hybridized carbons (Fsp3) is 0.250. The lowest BCUT2D eigenvalue weighted by atomic mass is 10.2. The third-order valence-corrected chi connectivity index (χ3v) is 2.80. The Bertz CT molecular complexity index is 589. The fourth-order valence-corrected chi connectivity index (χ4v) is 1.94. The lowest BCUT2D eigenvalue weighted by molar-refractivity contribution is 0.102. The summed E-state index contributed by atoms with van der Waals surface area (Å²) in [6, 6.07) is 3.14. The van der Waals surface area contributed by atoms with Gasteiger partial charge in [-0.2, -0.15) is 5.10 Å². The third-order valence-electron chi connectivity index (χ3n) is 2.41. The van der Waals surface area contributed by atoms with Gasteiger partial charge >= 0.3 is 0 Å². The molecule has 2 heterocycles. The average molecular weight is 299 g/mol. The molecule has 1 amide bonds. The molecule has 0 aromatic carbocycles. The highest BCUT2D eigenvalue weighted by Gasteiger charge is 2.10. The number of nitrogens with one attached hydrogen (secondary N) is 1. The molecular formula is C12H12Cl2N4O. The maximum absolute atomic E-state index is 12.0. The number of hydrogen-bond acceptors (Lipinski definition) is 3. The number of aromatic nitrogens is 3. The minimum Gasteiger partial charge on any atom is -0.319 e. The van der Waals surface area contributed by atoms with Crippen molar-refractivity contribution in [2.24, 2.45) is 0 Å². The van der Waals surface area contributed by atoms with Gasteiger partial charge < -0.3 is 5.32 Å². The van der Waals surface area contributed by atoms with Crippen molar-refractivity contribution in [2.75, 3.05) is 5.32 Å². The molecule has 0 spiro atoms. The van der Waals surface area contributed by atoms with Gasteiger partial charge in [-0.05, 0) is 26.0 Å². The van der Waals surface area contributed by atoms with E-state index in [1.165, 1.54) is 12.1 Å². The van der Waals surface area contributed by atoms with E-state index in [4.69, 9.17) is 23.2 Å². The van der Waals surface area contributed by atoms with Crippen LogP contribution in [0.4, 0.5) is 5.69 Å². The molecule has 1 N–H and O–H groups in total. The summed E-state index contributed by atoms with van der Waals surface area (Å²) in [4.78, 5) is 15.8. The van der Waals surface area contributed by atoms with E-state index in [0.29, 0.717) is 11.3 Å². The van der Waals surface area contributed by atoms with Gasteiger partial charge in [0.1, 0.15) is 10.3 Å². The highest BCUT2D eigenvalue weighted by molar-refractivity contribution is 6.33. The van der Waals surface area contributed by atoms with E-state index in [0.717, 1.165) is 0 Å². The van der Waals surface area contributed by atoms with Gasteiger partial charge in [-0.25, -0.2) is 4.98 Å². The van der Waals surface area contributed by atoms with Crippen molar-refractivity contribution < 1.29 is 4.79 Å². The Labute approximate surface area is 120 Å². The van der Waals surface area contributed by atoms with Gasteiger partial charge in [-0.1, -0.05) is 23.2 Å². The number of hydrogen-bond donors (Lipinski definition) is 1. The molecule has 0 aliphatic carbocycles. The Morgan fingerprint density at radius 3 is 2.47 bits per heavy atom. The standard InChI is InChI=1S/C12H12Cl2N4O/c1-7(2)18-6-9(5-15-18)16-12(19)8-3-10(13)17-11(14)4-8/h3-7H,1-2H3,(H,16,19). The first kappa shape index (κ1) is 13.8. The van der Waals surface area contributed by atoms with E-state index in [1.807, 2.05) is 13.8 Å². The Balaban J connectivity index is 2.15. The zero-order chi connectivity index (χ0) is 14.0. The molecule has 0 fully saturated rings. The molecule has 0 saturated carbocycles. The SMILES string of the molecule is CC(C)n1cc(NC(=O)c2cc(Cl)nc(Cl)c2)cn1. The minimum absolute atomic E-state index is 0.176. The molecule has 0 unspecified atom stereocenters. The van der Waals surface area contributed by atoms with Crippen molar-refractivity contribution in [3.8, 4) is 0 Å². The van der Waals surface area contributed by atoms with Crippen LogP contribution >= 0.6 is 23.2 Å². The Morgan fingerprint density at radius 1 is 1.32 bits per heavy atom. The maximum atomic E-state index is 12.0. The highest BCUT2D eigenvalue weighted by Crippen LogP contribution is 2.17. The molecule has 19 heavy (non-hydrogen) atoms. The van der Waals surface area contributed by atoms with Crippen molar-refractivity contribution in [1.82, 2.24) is 14.8 Å². The second kappa shape index (κ2) is 5.59. The van der Waals surface area contributed by atoms with Crippen LogP contribution in [-0.4, -0.2) is 20.7 Å². The quantitative estimate of drug-likeness (QED) is 0.883. The van der Waals surface area contributed by atoms with Gasteiger partial charge in [-0.15, -0.1) is 0 Å². The van der Waals surface area contributed by atoms with Crippen molar-refractivity contribution >= 4 is 34.8 Å². The largest absolute Gasteiger partial charge is 0.319 e. The van der Waals surface area contributed by atoms with Gasteiger partial charge in [-0.3, -0.25) is 9.48 Å². The van der Waals surface area contributed by atoms with Crippen LogP contribution in [0, 0.1) is 0 Å². The summed E-state index contributed by atoms with van der Waals surface area (Å²) >= 11 is 11.5. The summed E-state index contributed by atoms with van der Waals surface area (Å²) in [6.07, 6.45) is 3.34. The Morgan fingerprint density at radius 2 is 1.95 bits per heavy atom. The molecule has 2 aromatic heterocycles. The summed E-state index contributed by atoms with van der Waals surface area (Å²) in [5, 5.41) is 7.21. The molecule has 5 nitrogen and oxygen atoms in total. The summed E-state index contributed by atoms with van der Waals surface area (Å²) in [7, 11) is 0. The normalized spacial score (nSPS) is 10.8. The first-order valence-electron chi connectivity index (χ1n) is 5.64. The number of rotatable bonds is 3. The number of halogens is 2. The van der Waals surface area contributed by atoms with Crippen molar-refractivity contribution in [1.29, 1.82) is 0 Å². The highest BCUT2D eigenvalue weighted by atomic mass is 35.5. The number of carbonyl (C=O) groups excluding carboxylic acids is 1. The van der Waals surface area contributed by atoms with E-state index >= 15 is 0 Å².